The van der Waals surface area contributed by atoms with Gasteiger partial charge in [-0.2, -0.15) is 0 Å². The Hall–Kier alpha value is -2.79. The van der Waals surface area contributed by atoms with Crippen molar-refractivity contribution in [1.82, 2.24) is 19.5 Å². The number of esters is 3. The Morgan fingerprint density at radius 1 is 1.14 bits per heavy atom. The van der Waals surface area contributed by atoms with Crippen molar-refractivity contribution < 1.29 is 33.3 Å². The van der Waals surface area contributed by atoms with Crippen molar-refractivity contribution >= 4 is 40.7 Å². The van der Waals surface area contributed by atoms with Crippen LogP contribution in [0.3, 0.4) is 0 Å². The maximum absolute atomic E-state index is 11.6. The van der Waals surface area contributed by atoms with Gasteiger partial charge in [0, 0.05) is 27.2 Å². The van der Waals surface area contributed by atoms with Crippen LogP contribution in [0.1, 0.15) is 33.4 Å². The minimum absolute atomic E-state index is 0.140. The number of fused-ring (bicyclic) bond motifs is 1. The van der Waals surface area contributed by atoms with Crippen molar-refractivity contribution in [3.05, 3.63) is 17.8 Å². The van der Waals surface area contributed by atoms with Gasteiger partial charge in [-0.1, -0.05) is 11.6 Å². The van der Waals surface area contributed by atoms with E-state index in [4.69, 9.17) is 30.5 Å². The summed E-state index contributed by atoms with van der Waals surface area (Å²) < 4.78 is 23.4. The van der Waals surface area contributed by atoms with E-state index in [0.717, 1.165) is 0 Å². The number of imidazole rings is 1. The summed E-state index contributed by atoms with van der Waals surface area (Å²) in [7, 11) is 0. The fourth-order valence-electron chi connectivity index (χ4n) is 3.13. The van der Waals surface area contributed by atoms with Crippen LogP contribution in [-0.4, -0.2) is 62.3 Å². The molecule has 0 amide bonds. The average Bonchev–Trinajstić information content (AvgIpc) is 3.06. The molecule has 1 saturated heterocycles. The van der Waals surface area contributed by atoms with E-state index in [9.17, 15) is 14.4 Å². The summed E-state index contributed by atoms with van der Waals surface area (Å²) in [6.07, 6.45) is -0.502. The van der Waals surface area contributed by atoms with Gasteiger partial charge >= 0.3 is 17.9 Å². The molecule has 29 heavy (non-hydrogen) atoms. The molecule has 2 aromatic heterocycles. The number of hydrogen-bond acceptors (Lipinski definition) is 10. The second-order valence-corrected chi connectivity index (χ2v) is 6.74. The van der Waals surface area contributed by atoms with Crippen LogP contribution in [0, 0.1) is 0 Å². The Kier molecular flexibility index (Phi) is 6.28. The van der Waals surface area contributed by atoms with Crippen molar-refractivity contribution in [3.8, 4) is 0 Å². The lowest BCUT2D eigenvalue weighted by Crippen LogP contribution is -2.52. The number of aromatic nitrogens is 4. The molecule has 0 unspecified atom stereocenters. The first-order valence-electron chi connectivity index (χ1n) is 8.72. The van der Waals surface area contributed by atoms with Crippen molar-refractivity contribution in [3.63, 3.8) is 0 Å². The van der Waals surface area contributed by atoms with Gasteiger partial charge in [-0.15, -0.1) is 0 Å². The molecule has 0 radical (unpaired) electrons. The summed E-state index contributed by atoms with van der Waals surface area (Å²) in [5, 5.41) is 0.176. The Morgan fingerprint density at radius 3 is 2.52 bits per heavy atom. The number of nitrogens with zero attached hydrogens (tertiary/aromatic N) is 4. The van der Waals surface area contributed by atoms with E-state index >= 15 is 0 Å². The smallest absolute Gasteiger partial charge is 0.303 e. The molecule has 0 N–H and O–H groups in total. The van der Waals surface area contributed by atoms with Crippen molar-refractivity contribution in [2.75, 3.05) is 6.61 Å². The van der Waals surface area contributed by atoms with Crippen LogP contribution in [0.5, 0.6) is 0 Å². The standard InChI is InChI=1S/C17H19ClN4O7/c1-8(23)26-5-12-15(28-10(3)25)11(27-9(2)24)4-13(29-12)22-7-21-14-16(18)19-6-20-17(14)22/h6-7,11-13,15H,4-5H2,1-3H3/t11-,12+,13-,15+/m1/s1. The van der Waals surface area contributed by atoms with E-state index < -0.39 is 42.4 Å². The maximum Gasteiger partial charge on any atom is 0.303 e. The van der Waals surface area contributed by atoms with E-state index in [1.165, 1.54) is 33.4 Å². The summed E-state index contributed by atoms with van der Waals surface area (Å²) in [4.78, 5) is 46.7. The molecule has 0 spiro atoms. The predicted octanol–water partition coefficient (Wildman–Crippen LogP) is 1.19. The second kappa shape index (κ2) is 8.70. The highest BCUT2D eigenvalue weighted by Gasteiger charge is 2.44. The van der Waals surface area contributed by atoms with E-state index in [0.29, 0.717) is 11.2 Å². The van der Waals surface area contributed by atoms with Gasteiger partial charge in [-0.3, -0.25) is 19.0 Å². The Balaban J connectivity index is 1.95. The normalized spacial score (nSPS) is 24.1. The third-order valence-electron chi connectivity index (χ3n) is 4.19. The molecule has 156 valence electrons. The van der Waals surface area contributed by atoms with Crippen LogP contribution in [0.2, 0.25) is 5.15 Å². The van der Waals surface area contributed by atoms with Crippen molar-refractivity contribution in [2.24, 2.45) is 0 Å². The lowest BCUT2D eigenvalue weighted by Gasteiger charge is -2.40. The average molecular weight is 427 g/mol. The number of hydrogen-bond donors (Lipinski definition) is 0. The lowest BCUT2D eigenvalue weighted by atomic mass is 10.00. The molecular weight excluding hydrogens is 408 g/mol. The molecule has 1 aliphatic rings. The SMILES string of the molecule is CC(=O)OC[C@@H]1O[C@@H](n2cnc3c(Cl)ncnc32)C[C@@H](OC(C)=O)[C@@H]1OC(C)=O. The minimum Gasteiger partial charge on any atom is -0.463 e. The summed E-state index contributed by atoms with van der Waals surface area (Å²) in [5.74, 6) is -1.68. The summed E-state index contributed by atoms with van der Waals surface area (Å²) in [6, 6.07) is 0. The first-order valence-corrected chi connectivity index (χ1v) is 9.10. The predicted molar refractivity (Wildman–Crippen MR) is 96.6 cm³/mol. The third-order valence-corrected chi connectivity index (χ3v) is 4.47. The number of ether oxygens (including phenoxy) is 4. The first kappa shape index (κ1) is 20.9. The van der Waals surface area contributed by atoms with Gasteiger partial charge < -0.3 is 18.9 Å². The number of halogens is 1. The van der Waals surface area contributed by atoms with Gasteiger partial charge in [0.05, 0.1) is 6.33 Å². The fourth-order valence-corrected chi connectivity index (χ4v) is 3.30. The molecule has 3 heterocycles. The number of carbonyl (C=O) groups excluding carboxylic acids is 3. The van der Waals surface area contributed by atoms with Crippen LogP contribution in [0.15, 0.2) is 12.7 Å². The van der Waals surface area contributed by atoms with Gasteiger partial charge in [0.1, 0.15) is 36.9 Å². The largest absolute Gasteiger partial charge is 0.463 e. The van der Waals surface area contributed by atoms with E-state index in [1.807, 2.05) is 0 Å². The fraction of sp³-hybridized carbons (Fsp3) is 0.529. The maximum atomic E-state index is 11.6. The molecule has 1 fully saturated rings. The Bertz CT molecular complexity index is 934. The highest BCUT2D eigenvalue weighted by molar-refractivity contribution is 6.33. The van der Waals surface area contributed by atoms with Crippen LogP contribution in [0.25, 0.3) is 11.2 Å². The van der Waals surface area contributed by atoms with Gasteiger partial charge in [0.15, 0.2) is 16.9 Å². The molecular formula is C17H19ClN4O7. The molecule has 0 bridgehead atoms. The van der Waals surface area contributed by atoms with Gasteiger partial charge in [0.2, 0.25) is 0 Å². The molecule has 2 aromatic rings. The molecule has 12 heteroatoms. The molecule has 0 aliphatic carbocycles. The summed E-state index contributed by atoms with van der Waals surface area (Å²) in [5.41, 5.74) is 0.786. The van der Waals surface area contributed by atoms with E-state index in [2.05, 4.69) is 15.0 Å². The van der Waals surface area contributed by atoms with Gasteiger partial charge in [-0.05, 0) is 0 Å². The van der Waals surface area contributed by atoms with Gasteiger partial charge in [-0.25, -0.2) is 15.0 Å². The number of rotatable bonds is 5. The second-order valence-electron chi connectivity index (χ2n) is 6.38. The van der Waals surface area contributed by atoms with Crippen LogP contribution < -0.4 is 0 Å². The van der Waals surface area contributed by atoms with Crippen molar-refractivity contribution in [2.45, 2.75) is 51.7 Å². The molecule has 3 rings (SSSR count). The Morgan fingerprint density at radius 2 is 1.86 bits per heavy atom. The topological polar surface area (TPSA) is 132 Å². The zero-order valence-corrected chi connectivity index (χ0v) is 16.7. The highest BCUT2D eigenvalue weighted by atomic mass is 35.5. The quantitative estimate of drug-likeness (QED) is 0.390. The monoisotopic (exact) mass is 426 g/mol. The molecule has 4 atom stereocenters. The Labute approximate surface area is 170 Å². The minimum atomic E-state index is -0.958. The molecule has 0 aromatic carbocycles. The molecule has 11 nitrogen and oxygen atoms in total. The van der Waals surface area contributed by atoms with E-state index in [-0.39, 0.29) is 18.2 Å². The van der Waals surface area contributed by atoms with E-state index in [1.54, 1.807) is 4.57 Å². The first-order chi connectivity index (χ1) is 13.8. The third kappa shape index (κ3) is 4.80. The molecule has 0 saturated carbocycles. The zero-order chi connectivity index (χ0) is 21.1. The summed E-state index contributed by atoms with van der Waals surface area (Å²) >= 11 is 6.05. The van der Waals surface area contributed by atoms with Crippen LogP contribution >= 0.6 is 11.6 Å². The van der Waals surface area contributed by atoms with Crippen LogP contribution in [0.4, 0.5) is 0 Å². The van der Waals surface area contributed by atoms with Crippen LogP contribution in [-0.2, 0) is 33.3 Å². The number of carbonyl (C=O) groups is 3. The summed E-state index contributed by atoms with van der Waals surface area (Å²) in [6.45, 7) is 3.51. The zero-order valence-electron chi connectivity index (χ0n) is 15.9. The lowest BCUT2D eigenvalue weighted by molar-refractivity contribution is -0.226. The van der Waals surface area contributed by atoms with Gasteiger partial charge in [0.25, 0.3) is 0 Å². The molecule has 1 aliphatic heterocycles. The highest BCUT2D eigenvalue weighted by Crippen LogP contribution is 2.34. The van der Waals surface area contributed by atoms with Crippen molar-refractivity contribution in [1.29, 1.82) is 0 Å².